The van der Waals surface area contributed by atoms with Crippen LogP contribution in [0.15, 0.2) is 0 Å². The van der Waals surface area contributed by atoms with Crippen molar-refractivity contribution in [3.05, 3.63) is 0 Å². The van der Waals surface area contributed by atoms with E-state index in [9.17, 15) is 47.9 Å². The van der Waals surface area contributed by atoms with Crippen LogP contribution in [0.25, 0.3) is 0 Å². The predicted molar refractivity (Wildman–Crippen MR) is 119 cm³/mol. The summed E-state index contributed by atoms with van der Waals surface area (Å²) in [6, 6.07) is 0. The number of ether oxygens (including phenoxy) is 2. The molecule has 0 aromatic rings. The van der Waals surface area contributed by atoms with Crippen molar-refractivity contribution in [1.82, 2.24) is 36.5 Å². The van der Waals surface area contributed by atoms with Gasteiger partial charge in [-0.25, -0.2) is 20.4 Å². The summed E-state index contributed by atoms with van der Waals surface area (Å²) in [5.41, 5.74) is -5.36. The number of carbonyl (C=O) groups excluding carboxylic acids is 10. The number of imide groups is 4. The lowest BCUT2D eigenvalue weighted by molar-refractivity contribution is -0.206. The van der Waals surface area contributed by atoms with Gasteiger partial charge in [0.2, 0.25) is 6.79 Å². The average molecular weight is 558 g/mol. The maximum Gasteiger partial charge on any atom is 0.411 e. The number of nitrogens with zero attached hydrogens (tertiary/aromatic N) is 4. The Balaban J connectivity index is 0.00000253. The number of rotatable bonds is 7. The standard InChI is InChI=1S/C17H15N7O12.2CH4.H3N/c1-2-19-14(33)35-5-36-15(34)20-3-21-6(25)16(7(21)26)8(27)22(9(16)28)4-23-10(29)17(11(23)30)12(31)24(18)13(17)32;;;/h2-5,18H2,1H3,(H,19,33)(H,20,34);2*1H4;1H3. The molecular formula is C19H26N8O12. The predicted octanol–water partition coefficient (Wildman–Crippen LogP) is -3.91. The summed E-state index contributed by atoms with van der Waals surface area (Å²) in [7, 11) is 0. The Morgan fingerprint density at radius 2 is 1.05 bits per heavy atom. The molecule has 0 aromatic heterocycles. The Bertz CT molecular complexity index is 1150. The molecule has 0 saturated carbocycles. The largest absolute Gasteiger partial charge is 0.412 e. The van der Waals surface area contributed by atoms with Crippen LogP contribution in [0.1, 0.15) is 21.8 Å². The molecule has 20 heteroatoms. The van der Waals surface area contributed by atoms with Crippen LogP contribution in [0, 0.1) is 10.8 Å². The van der Waals surface area contributed by atoms with Gasteiger partial charge >= 0.3 is 12.2 Å². The van der Waals surface area contributed by atoms with Crippen LogP contribution in [-0.4, -0.2) is 106 Å². The minimum absolute atomic E-state index is 0. The van der Waals surface area contributed by atoms with Gasteiger partial charge < -0.3 is 26.3 Å². The second kappa shape index (κ2) is 10.4. The molecule has 39 heavy (non-hydrogen) atoms. The van der Waals surface area contributed by atoms with Gasteiger partial charge in [0.15, 0.2) is 0 Å². The lowest BCUT2D eigenvalue weighted by Crippen LogP contribution is -2.88. The third-order valence-corrected chi connectivity index (χ3v) is 5.84. The summed E-state index contributed by atoms with van der Waals surface area (Å²) in [4.78, 5) is 121. The van der Waals surface area contributed by atoms with E-state index in [4.69, 9.17) is 5.84 Å². The highest BCUT2D eigenvalue weighted by Gasteiger charge is 2.83. The Kier molecular flexibility index (Phi) is 8.56. The first-order valence-corrected chi connectivity index (χ1v) is 9.94. The minimum Gasteiger partial charge on any atom is -0.412 e. The maximum absolute atomic E-state index is 12.5. The van der Waals surface area contributed by atoms with E-state index in [0.29, 0.717) is 4.90 Å². The summed E-state index contributed by atoms with van der Waals surface area (Å²) in [5, 5.41) is 4.30. The number of β-lactam (4-membered cyclic amide) rings is 8. The molecule has 2 spiro atoms. The highest BCUT2D eigenvalue weighted by molar-refractivity contribution is 6.54. The summed E-state index contributed by atoms with van der Waals surface area (Å²) in [6.07, 6.45) is -2.07. The monoisotopic (exact) mass is 558 g/mol. The average Bonchev–Trinajstić information content (AvgIpc) is 2.84. The molecule has 4 fully saturated rings. The highest BCUT2D eigenvalue weighted by Crippen LogP contribution is 2.47. The van der Waals surface area contributed by atoms with Crippen LogP contribution in [0.2, 0.25) is 0 Å². The van der Waals surface area contributed by atoms with Crippen molar-refractivity contribution < 1.29 is 57.4 Å². The number of hydrazine groups is 1. The van der Waals surface area contributed by atoms with Gasteiger partial charge in [0.1, 0.15) is 13.3 Å². The molecule has 0 atom stereocenters. The number of alkyl carbamates (subject to hydrolysis) is 2. The van der Waals surface area contributed by atoms with E-state index < -0.39 is 90.4 Å². The number of nitrogens with one attached hydrogen (secondary N) is 2. The van der Waals surface area contributed by atoms with Crippen LogP contribution >= 0.6 is 0 Å². The molecule has 0 aliphatic carbocycles. The van der Waals surface area contributed by atoms with Crippen molar-refractivity contribution >= 4 is 59.4 Å². The zero-order valence-corrected chi connectivity index (χ0v) is 18.8. The van der Waals surface area contributed by atoms with E-state index in [1.807, 2.05) is 5.32 Å². The van der Waals surface area contributed by atoms with E-state index in [2.05, 4.69) is 14.8 Å². The van der Waals surface area contributed by atoms with Crippen molar-refractivity contribution in [3.63, 3.8) is 0 Å². The molecule has 214 valence electrons. The van der Waals surface area contributed by atoms with Crippen molar-refractivity contribution in [3.8, 4) is 0 Å². The number of carbonyl (C=O) groups is 10. The highest BCUT2D eigenvalue weighted by atomic mass is 16.7. The number of amides is 10. The van der Waals surface area contributed by atoms with Crippen LogP contribution in [0.3, 0.4) is 0 Å². The van der Waals surface area contributed by atoms with E-state index in [1.54, 1.807) is 6.92 Å². The fourth-order valence-electron chi connectivity index (χ4n) is 3.90. The molecule has 7 N–H and O–H groups in total. The smallest absolute Gasteiger partial charge is 0.411 e. The number of hydrogen-bond acceptors (Lipinski definition) is 14. The Morgan fingerprint density at radius 1 is 0.692 bits per heavy atom. The fourth-order valence-corrected chi connectivity index (χ4v) is 3.90. The first-order chi connectivity index (χ1) is 16.9. The Labute approximate surface area is 219 Å². The maximum atomic E-state index is 12.5. The van der Waals surface area contributed by atoms with Gasteiger partial charge in [-0.15, -0.1) is 0 Å². The molecule has 0 aromatic carbocycles. The van der Waals surface area contributed by atoms with Gasteiger partial charge in [0.25, 0.3) is 58.1 Å². The topological polar surface area (TPSA) is 287 Å². The van der Waals surface area contributed by atoms with Crippen LogP contribution < -0.4 is 22.6 Å². The third-order valence-electron chi connectivity index (χ3n) is 5.84. The molecule has 4 rings (SSSR count). The first-order valence-electron chi connectivity index (χ1n) is 9.94. The minimum atomic E-state index is -2.72. The summed E-state index contributed by atoms with van der Waals surface area (Å²) in [6.45, 7) is -0.719. The zero-order chi connectivity index (χ0) is 26.7. The normalized spacial score (nSPS) is 19.6. The molecule has 4 saturated heterocycles. The third kappa shape index (κ3) is 3.67. The lowest BCUT2D eigenvalue weighted by atomic mass is 9.68. The molecular weight excluding hydrogens is 532 g/mol. The van der Waals surface area contributed by atoms with Gasteiger partial charge in [-0.1, -0.05) is 14.9 Å². The molecule has 0 radical (unpaired) electrons. The lowest BCUT2D eigenvalue weighted by Gasteiger charge is -2.55. The van der Waals surface area contributed by atoms with Crippen molar-refractivity contribution in [2.24, 2.45) is 16.7 Å². The molecule has 4 heterocycles. The van der Waals surface area contributed by atoms with Gasteiger partial charge in [-0.05, 0) is 6.92 Å². The van der Waals surface area contributed by atoms with Gasteiger partial charge in [0, 0.05) is 6.54 Å². The van der Waals surface area contributed by atoms with E-state index >= 15 is 0 Å². The van der Waals surface area contributed by atoms with Crippen molar-refractivity contribution in [2.75, 3.05) is 26.7 Å². The Hall–Kier alpha value is -4.98. The zero-order valence-electron chi connectivity index (χ0n) is 18.8. The van der Waals surface area contributed by atoms with Crippen LogP contribution in [0.4, 0.5) is 9.59 Å². The molecule has 0 bridgehead atoms. The fraction of sp³-hybridized carbons (Fsp3) is 0.474. The molecule has 0 unspecified atom stereocenters. The molecule has 10 amide bonds. The molecule has 20 nitrogen and oxygen atoms in total. The molecule has 4 aliphatic heterocycles. The first kappa shape index (κ1) is 32.0. The SMILES string of the molecule is C.C.CCNC(=O)OCOC(=O)NCN1C(=O)C2(C1=O)C(=O)N(CN1C(=O)C3(C(=O)N(N)C3=O)C1=O)C2=O.N. The number of likely N-dealkylation sites (tertiary alicyclic amines) is 3. The van der Waals surface area contributed by atoms with Gasteiger partial charge in [-0.3, -0.25) is 53.1 Å². The van der Waals surface area contributed by atoms with E-state index in [1.165, 1.54) is 0 Å². The van der Waals surface area contributed by atoms with Crippen LogP contribution in [0.5, 0.6) is 0 Å². The summed E-state index contributed by atoms with van der Waals surface area (Å²) < 4.78 is 8.95. The molecule has 4 aliphatic rings. The van der Waals surface area contributed by atoms with Gasteiger partial charge in [0.05, 0.1) is 0 Å². The second-order valence-corrected chi connectivity index (χ2v) is 7.58. The van der Waals surface area contributed by atoms with Gasteiger partial charge in [-0.2, -0.15) is 0 Å². The summed E-state index contributed by atoms with van der Waals surface area (Å²) >= 11 is 0. The van der Waals surface area contributed by atoms with Crippen molar-refractivity contribution in [1.29, 1.82) is 0 Å². The second-order valence-electron chi connectivity index (χ2n) is 7.58. The summed E-state index contributed by atoms with van der Waals surface area (Å²) in [5.74, 6) is -5.34. The number of hydrogen-bond donors (Lipinski definition) is 4. The van der Waals surface area contributed by atoms with Crippen LogP contribution in [-0.2, 0) is 47.8 Å². The quantitative estimate of drug-likeness (QED) is 0.0763. The number of nitrogens with two attached hydrogens (primary N) is 1. The Morgan fingerprint density at radius 3 is 1.46 bits per heavy atom. The van der Waals surface area contributed by atoms with Crippen molar-refractivity contribution in [2.45, 2.75) is 21.8 Å². The van der Waals surface area contributed by atoms with E-state index in [0.717, 1.165) is 0 Å². The van der Waals surface area contributed by atoms with E-state index in [-0.39, 0.29) is 42.4 Å².